The average Bonchev–Trinajstić information content (AvgIpc) is 3.72. The van der Waals surface area contributed by atoms with Gasteiger partial charge in [-0.15, -0.1) is 15.3 Å². The summed E-state index contributed by atoms with van der Waals surface area (Å²) >= 11 is 0. The van der Waals surface area contributed by atoms with E-state index < -0.39 is 109 Å². The van der Waals surface area contributed by atoms with E-state index in [1.165, 1.54) is 48.6 Å². The molecule has 32 heteroatoms. The summed E-state index contributed by atoms with van der Waals surface area (Å²) in [5.74, 6) is -4.17. The lowest BCUT2D eigenvalue weighted by atomic mass is 10.1. The van der Waals surface area contributed by atoms with Crippen molar-refractivity contribution in [2.75, 3.05) is 30.0 Å². The number of nitriles is 1. The van der Waals surface area contributed by atoms with Crippen LogP contribution in [0.1, 0.15) is 66.2 Å². The van der Waals surface area contributed by atoms with Crippen LogP contribution < -0.4 is 14.8 Å². The quantitative estimate of drug-likeness (QED) is 0.0168. The number of hydrogen-bond acceptors (Lipinski definition) is 21. The number of anilines is 1. The van der Waals surface area contributed by atoms with Gasteiger partial charge in [0.1, 0.15) is 44.3 Å². The molecule has 6 aromatic rings. The Balaban J connectivity index is 1.43. The van der Waals surface area contributed by atoms with Crippen molar-refractivity contribution in [3.05, 3.63) is 94.8 Å². The molecule has 1 amide bonds. The zero-order valence-corrected chi connectivity index (χ0v) is 45.7. The normalized spacial score (nSPS) is 12.6. The second kappa shape index (κ2) is 24.7. The SMILES string of the molecule is C=Cc1nc2c(C#N)c(C)c(N=Nc3cc(C)c(N=Nc4cc(C)c(N=Nc5cc(S(=O)(=O)O)c6cc(NC(=O)CCC(=O)O)cc(S(=O)(=O)O)c6c5)cc4OCCCS(=O)(=O)O)cc3OCCCS(=O)(=O)O)c(O)n2c1/C=C\C. The average molecular weight is 1180 g/mol. The number of fused-ring (bicyclic) bond motifs is 2. The molecule has 2 aromatic heterocycles. The van der Waals surface area contributed by atoms with Gasteiger partial charge in [-0.1, -0.05) is 12.7 Å². The smallest absolute Gasteiger partial charge is 0.303 e. The molecular weight excluding hydrogens is 1130 g/mol. The summed E-state index contributed by atoms with van der Waals surface area (Å²) in [6.45, 7) is 9.55. The topological polar surface area (TPSA) is 438 Å². The van der Waals surface area contributed by atoms with Crippen molar-refractivity contribution in [2.45, 2.75) is 63.2 Å². The zero-order valence-electron chi connectivity index (χ0n) is 42.5. The molecule has 0 bridgehead atoms. The number of hydrogen-bond donors (Lipinski definition) is 7. The van der Waals surface area contributed by atoms with E-state index in [2.05, 4.69) is 53.6 Å². The Morgan fingerprint density at radius 3 is 1.74 bits per heavy atom. The highest BCUT2D eigenvalue weighted by Gasteiger charge is 2.25. The Morgan fingerprint density at radius 1 is 0.725 bits per heavy atom. The number of azo groups is 3. The number of carbonyl (C=O) groups is 2. The Hall–Kier alpha value is -8.42. The van der Waals surface area contributed by atoms with Crippen molar-refractivity contribution in [2.24, 2.45) is 30.7 Å². The standard InChI is InChI=1S/C48H48N10O18S4/c1-6-10-39-34(7-2)51-47-33(25-49)28(5)46(48(62)58(39)47)57-56-38-18-27(4)36(24-41(38)76-14-9-16-78(66,67)68)54-55-37-17-26(3)35(23-40(37)75-13-8-15-77(63,64)65)53-52-30-20-32-31(43(22-30)80(72,73)74)19-29(21-42(32)79(69,70)71)50-44(59)11-12-45(60)61/h6-7,10,17-24,62H,2,8-9,11-16H2,1,3-5H3,(H,50,59)(H,60,61)(H,63,64,65)(H,66,67,68)(H,69,70,71)(H,72,73,74)/b10-6-,53-52?,55-54?,57-56?. The number of nitrogens with zero attached hydrogens (tertiary/aromatic N) is 9. The second-order valence-electron chi connectivity index (χ2n) is 17.2. The van der Waals surface area contributed by atoms with Crippen molar-refractivity contribution in [1.29, 1.82) is 5.26 Å². The third-order valence-electron chi connectivity index (χ3n) is 11.3. The van der Waals surface area contributed by atoms with E-state index in [1.807, 2.05) is 0 Å². The predicted octanol–water partition coefficient (Wildman–Crippen LogP) is 9.52. The molecule has 0 spiro atoms. The van der Waals surface area contributed by atoms with E-state index in [4.69, 9.17) is 14.6 Å². The van der Waals surface area contributed by atoms with Crippen molar-refractivity contribution < 1.29 is 81.2 Å². The van der Waals surface area contributed by atoms with Gasteiger partial charge in [0, 0.05) is 40.6 Å². The molecule has 0 atom stereocenters. The van der Waals surface area contributed by atoms with E-state index in [-0.39, 0.29) is 94.0 Å². The van der Waals surface area contributed by atoms with Gasteiger partial charge in [-0.2, -0.15) is 54.3 Å². The molecule has 28 nitrogen and oxygen atoms in total. The van der Waals surface area contributed by atoms with Gasteiger partial charge in [0.25, 0.3) is 40.5 Å². The van der Waals surface area contributed by atoms with E-state index in [0.29, 0.717) is 17.0 Å². The van der Waals surface area contributed by atoms with Gasteiger partial charge in [-0.3, -0.25) is 32.2 Å². The number of benzene rings is 4. The van der Waals surface area contributed by atoms with Crippen LogP contribution in [0.5, 0.6) is 17.4 Å². The Bertz CT molecular complexity index is 4150. The van der Waals surface area contributed by atoms with Gasteiger partial charge in [0.15, 0.2) is 11.3 Å². The highest BCUT2D eigenvalue weighted by Crippen LogP contribution is 2.43. The molecule has 0 aliphatic heterocycles. The molecule has 0 aliphatic rings. The van der Waals surface area contributed by atoms with E-state index in [9.17, 15) is 71.8 Å². The number of aromatic nitrogens is 2. The molecule has 7 N–H and O–H groups in total. The summed E-state index contributed by atoms with van der Waals surface area (Å²) in [7, 11) is -19.3. The van der Waals surface area contributed by atoms with Crippen LogP contribution in [-0.2, 0) is 50.1 Å². The molecule has 6 rings (SSSR count). The van der Waals surface area contributed by atoms with Crippen molar-refractivity contribution in [3.63, 3.8) is 0 Å². The Morgan fingerprint density at radius 2 is 1.24 bits per heavy atom. The second-order valence-corrected chi connectivity index (χ2v) is 23.1. The third-order valence-corrected chi connectivity index (χ3v) is 14.7. The highest BCUT2D eigenvalue weighted by molar-refractivity contribution is 7.86. The minimum atomic E-state index is -5.23. The Labute approximate surface area is 456 Å². The maximum absolute atomic E-state index is 12.7. The lowest BCUT2D eigenvalue weighted by Crippen LogP contribution is -2.14. The molecule has 0 fully saturated rings. The number of pyridine rings is 1. The largest absolute Gasteiger partial charge is 0.493 e. The van der Waals surface area contributed by atoms with Crippen molar-refractivity contribution in [3.8, 4) is 23.4 Å². The van der Waals surface area contributed by atoms with Crippen LogP contribution in [0.2, 0.25) is 0 Å². The van der Waals surface area contributed by atoms with Gasteiger partial charge >= 0.3 is 5.97 Å². The molecule has 0 radical (unpaired) electrons. The highest BCUT2D eigenvalue weighted by atomic mass is 32.2. The molecule has 2 heterocycles. The molecule has 422 valence electrons. The molecule has 0 saturated carbocycles. The monoisotopic (exact) mass is 1180 g/mol. The number of imidazole rings is 1. The molecule has 0 saturated heterocycles. The first-order chi connectivity index (χ1) is 37.4. The summed E-state index contributed by atoms with van der Waals surface area (Å²) in [6, 6.07) is 11.1. The number of carboxylic acids is 1. The number of ether oxygens (including phenoxy) is 2. The van der Waals surface area contributed by atoms with Gasteiger partial charge < -0.3 is 25.0 Å². The van der Waals surface area contributed by atoms with Crippen molar-refractivity contribution >= 4 is 121 Å². The zero-order chi connectivity index (χ0) is 59.1. The number of amides is 1. The lowest BCUT2D eigenvalue weighted by Gasteiger charge is -2.13. The lowest BCUT2D eigenvalue weighted by molar-refractivity contribution is -0.138. The number of nitrogens with one attached hydrogen (secondary N) is 1. The molecule has 80 heavy (non-hydrogen) atoms. The summed E-state index contributed by atoms with van der Waals surface area (Å²) in [5.41, 5.74) is 1.08. The molecule has 0 unspecified atom stereocenters. The van der Waals surface area contributed by atoms with Crippen LogP contribution in [0.4, 0.5) is 39.8 Å². The first kappa shape index (κ1) is 60.8. The minimum Gasteiger partial charge on any atom is -0.493 e. The predicted molar refractivity (Wildman–Crippen MR) is 288 cm³/mol. The number of carbonyl (C=O) groups excluding carboxylic acids is 1. The fourth-order valence-electron chi connectivity index (χ4n) is 7.59. The van der Waals surface area contributed by atoms with Crippen LogP contribution in [0, 0.1) is 32.1 Å². The third kappa shape index (κ3) is 15.2. The van der Waals surface area contributed by atoms with Gasteiger partial charge in [-0.25, -0.2) is 4.98 Å². The number of aromatic hydroxyl groups is 1. The first-order valence-electron chi connectivity index (χ1n) is 23.1. The van der Waals surface area contributed by atoms with E-state index in [0.717, 1.165) is 24.3 Å². The van der Waals surface area contributed by atoms with Crippen LogP contribution >= 0.6 is 0 Å². The van der Waals surface area contributed by atoms with Crippen LogP contribution in [0.25, 0.3) is 28.6 Å². The summed E-state index contributed by atoms with van der Waals surface area (Å²) in [6.07, 6.45) is 3.21. The maximum atomic E-state index is 12.7. The summed E-state index contributed by atoms with van der Waals surface area (Å²) in [5, 5.41) is 57.5. The number of rotatable bonds is 24. The first-order valence-corrected chi connectivity index (χ1v) is 29.2. The van der Waals surface area contributed by atoms with E-state index >= 15 is 0 Å². The minimum absolute atomic E-state index is 0.0128. The number of aliphatic carboxylic acids is 1. The van der Waals surface area contributed by atoms with Crippen LogP contribution in [0.3, 0.4) is 0 Å². The Kier molecular flexibility index (Phi) is 18.8. The van der Waals surface area contributed by atoms with Gasteiger partial charge in [0.2, 0.25) is 11.8 Å². The number of aryl methyl sites for hydroxylation is 2. The molecule has 0 aliphatic carbocycles. The van der Waals surface area contributed by atoms with Gasteiger partial charge in [0.05, 0.1) is 59.6 Å². The van der Waals surface area contributed by atoms with Crippen LogP contribution in [-0.4, -0.2) is 108 Å². The van der Waals surface area contributed by atoms with E-state index in [1.54, 1.807) is 26.0 Å². The molecular formula is C48H48N10O18S4. The fourth-order valence-corrected chi connectivity index (χ4v) is 10.00. The summed E-state index contributed by atoms with van der Waals surface area (Å²) < 4.78 is 149. The molecule has 4 aromatic carbocycles. The number of carboxylic acid groups (broad SMARTS) is 1. The number of allylic oxidation sites excluding steroid dienone is 1. The maximum Gasteiger partial charge on any atom is 0.303 e. The fraction of sp³-hybridized carbons (Fsp3) is 0.250. The van der Waals surface area contributed by atoms with Crippen molar-refractivity contribution in [1.82, 2.24) is 9.38 Å². The van der Waals surface area contributed by atoms with Gasteiger partial charge in [-0.05, 0) is 100 Å². The van der Waals surface area contributed by atoms with Crippen LogP contribution in [0.15, 0.2) is 102 Å². The summed E-state index contributed by atoms with van der Waals surface area (Å²) in [4.78, 5) is 26.0.